The quantitative estimate of drug-likeness (QED) is 0.874. The Bertz CT molecular complexity index is 445. The van der Waals surface area contributed by atoms with Crippen molar-refractivity contribution < 1.29 is 8.81 Å². The predicted octanol–water partition coefficient (Wildman–Crippen LogP) is 3.08. The first-order chi connectivity index (χ1) is 7.25. The van der Waals surface area contributed by atoms with Crippen molar-refractivity contribution >= 4 is 17.3 Å². The van der Waals surface area contributed by atoms with Crippen molar-refractivity contribution in [2.45, 2.75) is 6.54 Å². The molecule has 0 fully saturated rings. The SMILES string of the molecule is Fc1cc(NCc2cnco2)ccc1Cl. The van der Waals surface area contributed by atoms with Crippen LogP contribution in [0.3, 0.4) is 0 Å². The Morgan fingerprint density at radius 1 is 1.47 bits per heavy atom. The number of hydrogen-bond donors (Lipinski definition) is 1. The van der Waals surface area contributed by atoms with Gasteiger partial charge in [-0.05, 0) is 18.2 Å². The van der Waals surface area contributed by atoms with Gasteiger partial charge in [0.2, 0.25) is 0 Å². The molecular formula is C10H8ClFN2O. The fourth-order valence-electron chi connectivity index (χ4n) is 1.12. The van der Waals surface area contributed by atoms with Crippen LogP contribution in [0.5, 0.6) is 0 Å². The van der Waals surface area contributed by atoms with Crippen molar-refractivity contribution in [2.75, 3.05) is 5.32 Å². The van der Waals surface area contributed by atoms with Gasteiger partial charge >= 0.3 is 0 Å². The molecule has 0 spiro atoms. The Kier molecular flexibility index (Phi) is 2.87. The second kappa shape index (κ2) is 4.31. The summed E-state index contributed by atoms with van der Waals surface area (Å²) < 4.78 is 18.1. The molecule has 2 aromatic rings. The highest BCUT2D eigenvalue weighted by Crippen LogP contribution is 2.19. The molecule has 0 atom stereocenters. The van der Waals surface area contributed by atoms with E-state index in [0.29, 0.717) is 18.0 Å². The summed E-state index contributed by atoms with van der Waals surface area (Å²) in [6, 6.07) is 4.53. The molecule has 1 aromatic carbocycles. The summed E-state index contributed by atoms with van der Waals surface area (Å²) in [4.78, 5) is 3.76. The minimum absolute atomic E-state index is 0.111. The maximum absolute atomic E-state index is 13.0. The van der Waals surface area contributed by atoms with Gasteiger partial charge in [0.15, 0.2) is 6.39 Å². The molecule has 1 aromatic heterocycles. The van der Waals surface area contributed by atoms with E-state index in [1.807, 2.05) is 0 Å². The van der Waals surface area contributed by atoms with Gasteiger partial charge in [0, 0.05) is 5.69 Å². The molecule has 3 nitrogen and oxygen atoms in total. The summed E-state index contributed by atoms with van der Waals surface area (Å²) in [5.74, 6) is 0.240. The van der Waals surface area contributed by atoms with Crippen molar-refractivity contribution in [2.24, 2.45) is 0 Å². The summed E-state index contributed by atoms with van der Waals surface area (Å²) in [6.45, 7) is 0.459. The molecule has 15 heavy (non-hydrogen) atoms. The Morgan fingerprint density at radius 3 is 3.00 bits per heavy atom. The molecule has 0 unspecified atom stereocenters. The molecule has 0 aliphatic heterocycles. The highest BCUT2D eigenvalue weighted by Gasteiger charge is 2.01. The predicted molar refractivity (Wildman–Crippen MR) is 55.2 cm³/mol. The second-order valence-corrected chi connectivity index (χ2v) is 3.36. The minimum atomic E-state index is -0.445. The van der Waals surface area contributed by atoms with Gasteiger partial charge in [-0.3, -0.25) is 0 Å². The molecule has 0 aliphatic rings. The third kappa shape index (κ3) is 2.47. The largest absolute Gasteiger partial charge is 0.447 e. The van der Waals surface area contributed by atoms with Gasteiger partial charge < -0.3 is 9.73 Å². The summed E-state index contributed by atoms with van der Waals surface area (Å²) in [6.07, 6.45) is 2.94. The van der Waals surface area contributed by atoms with Crippen LogP contribution >= 0.6 is 11.6 Å². The first kappa shape index (κ1) is 9.98. The first-order valence-electron chi connectivity index (χ1n) is 4.32. The van der Waals surface area contributed by atoms with E-state index in [4.69, 9.17) is 16.0 Å². The molecule has 1 N–H and O–H groups in total. The number of nitrogens with zero attached hydrogens (tertiary/aromatic N) is 1. The molecule has 78 valence electrons. The lowest BCUT2D eigenvalue weighted by atomic mass is 10.3. The number of hydrogen-bond acceptors (Lipinski definition) is 3. The Balaban J connectivity index is 2.02. The van der Waals surface area contributed by atoms with Gasteiger partial charge in [-0.1, -0.05) is 11.6 Å². The van der Waals surface area contributed by atoms with Crippen molar-refractivity contribution in [3.8, 4) is 0 Å². The van der Waals surface area contributed by atoms with Crippen LogP contribution in [-0.4, -0.2) is 4.98 Å². The number of nitrogens with one attached hydrogen (secondary N) is 1. The third-order valence-corrected chi connectivity index (χ3v) is 2.18. The second-order valence-electron chi connectivity index (χ2n) is 2.95. The molecule has 5 heteroatoms. The van der Waals surface area contributed by atoms with Crippen LogP contribution in [0.1, 0.15) is 5.76 Å². The van der Waals surface area contributed by atoms with E-state index in [2.05, 4.69) is 10.3 Å². The van der Waals surface area contributed by atoms with Crippen molar-refractivity contribution in [1.82, 2.24) is 4.98 Å². The number of aromatic nitrogens is 1. The van der Waals surface area contributed by atoms with Crippen LogP contribution in [0, 0.1) is 5.82 Å². The fraction of sp³-hybridized carbons (Fsp3) is 0.100. The average Bonchev–Trinajstić information content (AvgIpc) is 2.73. The van der Waals surface area contributed by atoms with Gasteiger partial charge in [0.1, 0.15) is 11.6 Å². The van der Waals surface area contributed by atoms with Crippen molar-refractivity contribution in [3.05, 3.63) is 47.4 Å². The molecule has 0 saturated carbocycles. The van der Waals surface area contributed by atoms with Crippen LogP contribution in [0.25, 0.3) is 0 Å². The summed E-state index contributed by atoms with van der Waals surface area (Å²) >= 11 is 5.55. The molecule has 1 heterocycles. The minimum Gasteiger partial charge on any atom is -0.447 e. The fourth-order valence-corrected chi connectivity index (χ4v) is 1.24. The topological polar surface area (TPSA) is 38.1 Å². The number of anilines is 1. The molecule has 0 bridgehead atoms. The maximum Gasteiger partial charge on any atom is 0.180 e. The third-order valence-electron chi connectivity index (χ3n) is 1.87. The van der Waals surface area contributed by atoms with E-state index < -0.39 is 5.82 Å². The van der Waals surface area contributed by atoms with Crippen LogP contribution in [0.2, 0.25) is 5.02 Å². The Morgan fingerprint density at radius 2 is 2.33 bits per heavy atom. The van der Waals surface area contributed by atoms with Crippen LogP contribution in [0.15, 0.2) is 35.2 Å². The summed E-state index contributed by atoms with van der Waals surface area (Å²) in [5, 5.41) is 3.09. The molecule has 0 aliphatic carbocycles. The lowest BCUT2D eigenvalue weighted by Crippen LogP contribution is -1.98. The first-order valence-corrected chi connectivity index (χ1v) is 4.70. The van der Waals surface area contributed by atoms with Gasteiger partial charge in [0.25, 0.3) is 0 Å². The number of benzene rings is 1. The van der Waals surface area contributed by atoms with E-state index in [0.717, 1.165) is 0 Å². The Labute approximate surface area is 90.9 Å². The molecule has 2 rings (SSSR count). The zero-order valence-corrected chi connectivity index (χ0v) is 8.46. The molecule has 0 radical (unpaired) electrons. The van der Waals surface area contributed by atoms with Gasteiger partial charge in [-0.15, -0.1) is 0 Å². The lowest BCUT2D eigenvalue weighted by molar-refractivity contribution is 0.511. The summed E-state index contributed by atoms with van der Waals surface area (Å²) in [5.41, 5.74) is 0.647. The number of halogens is 2. The molecular weight excluding hydrogens is 219 g/mol. The molecule has 0 amide bonds. The van der Waals surface area contributed by atoms with Gasteiger partial charge in [-0.25, -0.2) is 9.37 Å². The monoisotopic (exact) mass is 226 g/mol. The number of rotatable bonds is 3. The smallest absolute Gasteiger partial charge is 0.180 e. The van der Waals surface area contributed by atoms with Crippen LogP contribution in [-0.2, 0) is 6.54 Å². The van der Waals surface area contributed by atoms with Crippen LogP contribution < -0.4 is 5.32 Å². The Hall–Kier alpha value is -1.55. The van der Waals surface area contributed by atoms with Crippen molar-refractivity contribution in [3.63, 3.8) is 0 Å². The average molecular weight is 227 g/mol. The van der Waals surface area contributed by atoms with E-state index in [1.54, 1.807) is 12.3 Å². The lowest BCUT2D eigenvalue weighted by Gasteiger charge is -2.04. The molecule has 0 saturated heterocycles. The standard InChI is InChI=1S/C10H8ClFN2O/c11-9-2-1-7(3-10(9)12)14-5-8-4-13-6-15-8/h1-4,6,14H,5H2. The zero-order valence-electron chi connectivity index (χ0n) is 7.71. The van der Waals surface area contributed by atoms with Crippen molar-refractivity contribution in [1.29, 1.82) is 0 Å². The summed E-state index contributed by atoms with van der Waals surface area (Å²) in [7, 11) is 0. The highest BCUT2D eigenvalue weighted by molar-refractivity contribution is 6.30. The maximum atomic E-state index is 13.0. The normalized spacial score (nSPS) is 10.3. The van der Waals surface area contributed by atoms with E-state index in [-0.39, 0.29) is 5.02 Å². The van der Waals surface area contributed by atoms with E-state index >= 15 is 0 Å². The van der Waals surface area contributed by atoms with E-state index in [9.17, 15) is 4.39 Å². The van der Waals surface area contributed by atoms with Crippen LogP contribution in [0.4, 0.5) is 10.1 Å². The van der Waals surface area contributed by atoms with Gasteiger partial charge in [-0.2, -0.15) is 0 Å². The highest BCUT2D eigenvalue weighted by atomic mass is 35.5. The van der Waals surface area contributed by atoms with Gasteiger partial charge in [0.05, 0.1) is 17.8 Å². The van der Waals surface area contributed by atoms with E-state index in [1.165, 1.54) is 18.5 Å². The number of oxazole rings is 1. The zero-order chi connectivity index (χ0) is 10.7.